The van der Waals surface area contributed by atoms with Gasteiger partial charge in [-0.15, -0.1) is 11.3 Å². The Hall–Kier alpha value is -2.05. The number of carbonyl (C=O) groups is 1. The van der Waals surface area contributed by atoms with Crippen molar-refractivity contribution in [1.82, 2.24) is 10.2 Å². The summed E-state index contributed by atoms with van der Waals surface area (Å²) in [6.45, 7) is 10.7. The second kappa shape index (κ2) is 11.4. The quantitative estimate of drug-likeness (QED) is 0.524. The maximum absolute atomic E-state index is 12.7. The first kappa shape index (κ1) is 22.6. The number of ether oxygens (including phenoxy) is 1. The minimum atomic E-state index is 0.157. The minimum Gasteiger partial charge on any atom is -0.489 e. The van der Waals surface area contributed by atoms with Crippen molar-refractivity contribution in [3.63, 3.8) is 0 Å². The van der Waals surface area contributed by atoms with Gasteiger partial charge in [0.15, 0.2) is 0 Å². The van der Waals surface area contributed by atoms with Crippen LogP contribution in [0.25, 0.3) is 0 Å². The monoisotopic (exact) mass is 429 g/mol. The van der Waals surface area contributed by atoms with E-state index in [1.54, 1.807) is 11.3 Å². The molecule has 1 aromatic carbocycles. The van der Waals surface area contributed by atoms with Crippen LogP contribution >= 0.6 is 11.3 Å². The zero-order valence-corrected chi connectivity index (χ0v) is 19.3. The van der Waals surface area contributed by atoms with E-state index < -0.39 is 0 Å². The third-order valence-electron chi connectivity index (χ3n) is 5.31. The Morgan fingerprint density at radius 2 is 1.90 bits per heavy atom. The molecule has 1 aliphatic rings. The Morgan fingerprint density at radius 1 is 1.13 bits per heavy atom. The van der Waals surface area contributed by atoms with Crippen LogP contribution in [0.3, 0.4) is 0 Å². The predicted molar refractivity (Wildman–Crippen MR) is 126 cm³/mol. The number of piperidine rings is 1. The maximum Gasteiger partial charge on any atom is 0.254 e. The van der Waals surface area contributed by atoms with Crippen LogP contribution in [-0.2, 0) is 0 Å². The van der Waals surface area contributed by atoms with Gasteiger partial charge in [0.05, 0.1) is 17.4 Å². The number of nitrogens with one attached hydrogen (secondary N) is 2. The number of likely N-dealkylation sites (tertiary alicyclic amines) is 1. The summed E-state index contributed by atoms with van der Waals surface area (Å²) in [4.78, 5) is 15.9. The van der Waals surface area contributed by atoms with Crippen LogP contribution in [0.1, 0.15) is 61.2 Å². The first-order valence-corrected chi connectivity index (χ1v) is 12.0. The number of benzene rings is 1. The molecule has 1 aliphatic heterocycles. The van der Waals surface area contributed by atoms with E-state index in [4.69, 9.17) is 4.74 Å². The van der Waals surface area contributed by atoms with Crippen molar-refractivity contribution in [3.05, 3.63) is 46.2 Å². The van der Waals surface area contributed by atoms with Gasteiger partial charge in [-0.2, -0.15) is 0 Å². The molecule has 1 saturated heterocycles. The minimum absolute atomic E-state index is 0.157. The molecule has 0 bridgehead atoms. The van der Waals surface area contributed by atoms with E-state index in [0.29, 0.717) is 5.92 Å². The molecule has 2 heterocycles. The molecule has 1 amide bonds. The van der Waals surface area contributed by atoms with Gasteiger partial charge in [-0.25, -0.2) is 0 Å². The standard InChI is InChI=1S/C24H35N3O2S/c1-18(2)29-22-10-6-5-9-21(22)26-12-11-25-16-19(3)23-15-20(17-30-23)24(28)27-13-7-4-8-14-27/h5-6,9-10,15,17-19,25-26H,4,7-8,11-14,16H2,1-3H3. The fraction of sp³-hybridized carbons (Fsp3) is 0.542. The van der Waals surface area contributed by atoms with Crippen LogP contribution in [0, 0.1) is 0 Å². The topological polar surface area (TPSA) is 53.6 Å². The number of amides is 1. The molecule has 1 aromatic heterocycles. The lowest BCUT2D eigenvalue weighted by Gasteiger charge is -2.26. The van der Waals surface area contributed by atoms with Crippen LogP contribution in [0.5, 0.6) is 5.75 Å². The summed E-state index contributed by atoms with van der Waals surface area (Å²) >= 11 is 1.70. The van der Waals surface area contributed by atoms with Gasteiger partial charge in [0.2, 0.25) is 0 Å². The van der Waals surface area contributed by atoms with E-state index in [-0.39, 0.29) is 12.0 Å². The molecule has 0 aliphatic carbocycles. The van der Waals surface area contributed by atoms with Gasteiger partial charge in [0.1, 0.15) is 5.75 Å². The summed E-state index contributed by atoms with van der Waals surface area (Å²) in [5.41, 5.74) is 1.88. The molecule has 1 atom stereocenters. The van der Waals surface area contributed by atoms with Crippen LogP contribution < -0.4 is 15.4 Å². The van der Waals surface area contributed by atoms with Crippen molar-refractivity contribution < 1.29 is 9.53 Å². The highest BCUT2D eigenvalue weighted by molar-refractivity contribution is 7.10. The van der Waals surface area contributed by atoms with Gasteiger partial charge in [-0.3, -0.25) is 4.79 Å². The molecular formula is C24H35N3O2S. The molecule has 30 heavy (non-hydrogen) atoms. The molecule has 5 nitrogen and oxygen atoms in total. The lowest BCUT2D eigenvalue weighted by molar-refractivity contribution is 0.0725. The average Bonchev–Trinajstić information content (AvgIpc) is 3.24. The van der Waals surface area contributed by atoms with E-state index in [9.17, 15) is 4.79 Å². The molecule has 3 rings (SSSR count). The van der Waals surface area contributed by atoms with Crippen LogP contribution in [-0.4, -0.2) is 49.6 Å². The number of hydrogen-bond acceptors (Lipinski definition) is 5. The molecular weight excluding hydrogens is 394 g/mol. The highest BCUT2D eigenvalue weighted by Gasteiger charge is 2.20. The van der Waals surface area contributed by atoms with E-state index >= 15 is 0 Å². The molecule has 0 radical (unpaired) electrons. The second-order valence-corrected chi connectivity index (χ2v) is 9.23. The number of hydrogen-bond donors (Lipinski definition) is 2. The SMILES string of the molecule is CC(C)Oc1ccccc1NCCNCC(C)c1cc(C(=O)N2CCCCC2)cs1. The van der Waals surface area contributed by atoms with E-state index in [1.165, 1.54) is 11.3 Å². The summed E-state index contributed by atoms with van der Waals surface area (Å²) in [6.07, 6.45) is 3.66. The summed E-state index contributed by atoms with van der Waals surface area (Å²) < 4.78 is 5.85. The lowest BCUT2D eigenvalue weighted by atomic mass is 10.1. The molecule has 1 unspecified atom stereocenters. The summed E-state index contributed by atoms with van der Waals surface area (Å²) in [7, 11) is 0. The normalized spacial score (nSPS) is 15.3. The van der Waals surface area contributed by atoms with Crippen molar-refractivity contribution in [1.29, 1.82) is 0 Å². The number of rotatable bonds is 10. The fourth-order valence-corrected chi connectivity index (χ4v) is 4.62. The first-order valence-electron chi connectivity index (χ1n) is 11.1. The Balaban J connectivity index is 1.41. The highest BCUT2D eigenvalue weighted by atomic mass is 32.1. The van der Waals surface area contributed by atoms with Gasteiger partial charge in [-0.05, 0) is 51.3 Å². The third kappa shape index (κ3) is 6.47. The Labute approximate surface area is 184 Å². The van der Waals surface area contributed by atoms with Crippen molar-refractivity contribution in [3.8, 4) is 5.75 Å². The zero-order valence-electron chi connectivity index (χ0n) is 18.4. The number of para-hydroxylation sites is 2. The van der Waals surface area contributed by atoms with Crippen molar-refractivity contribution in [2.45, 2.75) is 52.1 Å². The molecule has 164 valence electrons. The predicted octanol–water partition coefficient (Wildman–Crippen LogP) is 4.97. The van der Waals surface area contributed by atoms with Crippen molar-refractivity contribution >= 4 is 22.9 Å². The highest BCUT2D eigenvalue weighted by Crippen LogP contribution is 2.26. The largest absolute Gasteiger partial charge is 0.489 e. The summed E-state index contributed by atoms with van der Waals surface area (Å²) in [6, 6.07) is 10.1. The van der Waals surface area contributed by atoms with Gasteiger partial charge in [-0.1, -0.05) is 19.1 Å². The van der Waals surface area contributed by atoms with Crippen molar-refractivity contribution in [2.75, 3.05) is 38.0 Å². The summed E-state index contributed by atoms with van der Waals surface area (Å²) in [5.74, 6) is 1.48. The Bertz CT molecular complexity index is 799. The Kier molecular flexibility index (Phi) is 8.58. The zero-order chi connectivity index (χ0) is 21.3. The smallest absolute Gasteiger partial charge is 0.254 e. The van der Waals surface area contributed by atoms with Crippen molar-refractivity contribution in [2.24, 2.45) is 0 Å². The number of anilines is 1. The number of carbonyl (C=O) groups excluding carboxylic acids is 1. The van der Waals surface area contributed by atoms with Crippen LogP contribution in [0.4, 0.5) is 5.69 Å². The number of thiophene rings is 1. The lowest BCUT2D eigenvalue weighted by Crippen LogP contribution is -2.35. The van der Waals surface area contributed by atoms with Crippen LogP contribution in [0.2, 0.25) is 0 Å². The average molecular weight is 430 g/mol. The van der Waals surface area contributed by atoms with Gasteiger partial charge >= 0.3 is 0 Å². The first-order chi connectivity index (χ1) is 14.5. The third-order valence-corrected chi connectivity index (χ3v) is 6.48. The molecule has 0 spiro atoms. The van der Waals surface area contributed by atoms with Crippen LogP contribution in [0.15, 0.2) is 35.7 Å². The maximum atomic E-state index is 12.7. The molecule has 0 saturated carbocycles. The fourth-order valence-electron chi connectivity index (χ4n) is 3.68. The van der Waals surface area contributed by atoms with E-state index in [0.717, 1.165) is 62.6 Å². The van der Waals surface area contributed by atoms with E-state index in [2.05, 4.69) is 23.6 Å². The van der Waals surface area contributed by atoms with Gasteiger partial charge in [0.25, 0.3) is 5.91 Å². The molecule has 2 aromatic rings. The molecule has 6 heteroatoms. The molecule has 2 N–H and O–H groups in total. The van der Waals surface area contributed by atoms with E-state index in [1.807, 2.05) is 48.4 Å². The Morgan fingerprint density at radius 3 is 2.67 bits per heavy atom. The van der Waals surface area contributed by atoms with Gasteiger partial charge < -0.3 is 20.3 Å². The van der Waals surface area contributed by atoms with Gasteiger partial charge in [0, 0.05) is 48.9 Å². The summed E-state index contributed by atoms with van der Waals surface area (Å²) in [5, 5.41) is 9.00. The second-order valence-electron chi connectivity index (χ2n) is 8.29. The molecule has 1 fully saturated rings. The number of nitrogens with zero attached hydrogens (tertiary/aromatic N) is 1.